The number of nitrogens with one attached hydrogen (secondary N) is 1. The maximum atomic E-state index is 12.4. The van der Waals surface area contributed by atoms with Crippen LogP contribution in [0.1, 0.15) is 63.4 Å². The van der Waals surface area contributed by atoms with Gasteiger partial charge in [0, 0.05) is 5.69 Å². The van der Waals surface area contributed by atoms with Crippen LogP contribution in [0.3, 0.4) is 0 Å². The van der Waals surface area contributed by atoms with Crippen LogP contribution >= 0.6 is 0 Å². The van der Waals surface area contributed by atoms with Crippen LogP contribution in [0.4, 0.5) is 5.69 Å². The lowest BCUT2D eigenvalue weighted by Crippen LogP contribution is -2.48. The highest BCUT2D eigenvalue weighted by molar-refractivity contribution is 5.98. The molecule has 0 aliphatic heterocycles. The fourth-order valence-electron chi connectivity index (χ4n) is 3.67. The molecule has 4 nitrogen and oxygen atoms in total. The first-order chi connectivity index (χ1) is 11.2. The Bertz CT molecular complexity index is 532. The van der Waals surface area contributed by atoms with Crippen molar-refractivity contribution in [2.75, 3.05) is 5.32 Å². The molecule has 3 N–H and O–H groups in total. The number of carbonyl (C=O) groups excluding carboxylic acids is 1. The van der Waals surface area contributed by atoms with Crippen LogP contribution in [0.25, 0.3) is 0 Å². The molecule has 0 radical (unpaired) electrons. The quantitative estimate of drug-likeness (QED) is 0.869. The standard InChI is InChI=1S/C19H28N2O2/c20-19(11-4-5-12-19)18(22)21-16-8-6-7-15(13-16)14-23-17-9-2-1-3-10-17/h6-8,13,17H,1-5,9-12,14,20H2,(H,21,22). The van der Waals surface area contributed by atoms with Gasteiger partial charge in [-0.05, 0) is 43.4 Å². The summed E-state index contributed by atoms with van der Waals surface area (Å²) >= 11 is 0. The third-order valence-electron chi connectivity index (χ3n) is 5.17. The van der Waals surface area contributed by atoms with Gasteiger partial charge in [0.25, 0.3) is 0 Å². The van der Waals surface area contributed by atoms with Crippen molar-refractivity contribution >= 4 is 11.6 Å². The number of anilines is 1. The minimum Gasteiger partial charge on any atom is -0.374 e. The van der Waals surface area contributed by atoms with Crippen LogP contribution in [0.15, 0.2) is 24.3 Å². The molecule has 1 aromatic rings. The van der Waals surface area contributed by atoms with Gasteiger partial charge < -0.3 is 15.8 Å². The fourth-order valence-corrected chi connectivity index (χ4v) is 3.67. The molecule has 126 valence electrons. The molecule has 0 bridgehead atoms. The predicted octanol–water partition coefficient (Wildman–Crippen LogP) is 3.75. The Labute approximate surface area is 138 Å². The van der Waals surface area contributed by atoms with E-state index in [0.29, 0.717) is 12.7 Å². The Morgan fingerprint density at radius 1 is 1.17 bits per heavy atom. The number of amides is 1. The molecule has 2 fully saturated rings. The smallest absolute Gasteiger partial charge is 0.244 e. The second kappa shape index (κ2) is 7.45. The normalized spacial score (nSPS) is 21.3. The topological polar surface area (TPSA) is 64.4 Å². The number of nitrogens with two attached hydrogens (primary N) is 1. The molecule has 2 aliphatic rings. The van der Waals surface area contributed by atoms with Gasteiger partial charge in [-0.25, -0.2) is 0 Å². The summed E-state index contributed by atoms with van der Waals surface area (Å²) in [5.41, 5.74) is 7.44. The Morgan fingerprint density at radius 2 is 1.91 bits per heavy atom. The zero-order valence-corrected chi connectivity index (χ0v) is 13.9. The minimum atomic E-state index is -0.686. The third kappa shape index (κ3) is 4.33. The van der Waals surface area contributed by atoms with E-state index in [2.05, 4.69) is 5.32 Å². The molecule has 23 heavy (non-hydrogen) atoms. The summed E-state index contributed by atoms with van der Waals surface area (Å²) < 4.78 is 6.01. The molecule has 0 saturated heterocycles. The molecule has 0 aromatic heterocycles. The summed E-state index contributed by atoms with van der Waals surface area (Å²) in [6.07, 6.45) is 10.3. The summed E-state index contributed by atoms with van der Waals surface area (Å²) in [5.74, 6) is -0.0552. The first-order valence-corrected chi connectivity index (χ1v) is 8.97. The minimum absolute atomic E-state index is 0.0552. The van der Waals surface area contributed by atoms with E-state index in [-0.39, 0.29) is 5.91 Å². The van der Waals surface area contributed by atoms with Crippen molar-refractivity contribution in [2.24, 2.45) is 5.73 Å². The van der Waals surface area contributed by atoms with Crippen LogP contribution in [0.2, 0.25) is 0 Å². The molecule has 0 atom stereocenters. The van der Waals surface area contributed by atoms with Gasteiger partial charge in [0.05, 0.1) is 18.2 Å². The SMILES string of the molecule is NC1(C(=O)Nc2cccc(COC3CCCCC3)c2)CCCC1. The van der Waals surface area contributed by atoms with Crippen molar-refractivity contribution in [3.05, 3.63) is 29.8 Å². The molecule has 2 aliphatic carbocycles. The van der Waals surface area contributed by atoms with Crippen molar-refractivity contribution < 1.29 is 9.53 Å². The average molecular weight is 316 g/mol. The van der Waals surface area contributed by atoms with Gasteiger partial charge in [-0.15, -0.1) is 0 Å². The molecular weight excluding hydrogens is 288 g/mol. The van der Waals surface area contributed by atoms with Crippen LogP contribution < -0.4 is 11.1 Å². The number of hydrogen-bond donors (Lipinski definition) is 2. The van der Waals surface area contributed by atoms with Crippen LogP contribution in [0, 0.1) is 0 Å². The Morgan fingerprint density at radius 3 is 2.65 bits per heavy atom. The zero-order chi connectivity index (χ0) is 16.1. The van der Waals surface area contributed by atoms with Crippen LogP contribution in [-0.4, -0.2) is 17.6 Å². The van der Waals surface area contributed by atoms with E-state index in [1.54, 1.807) is 0 Å². The molecule has 0 spiro atoms. The van der Waals surface area contributed by atoms with E-state index in [1.807, 2.05) is 24.3 Å². The number of ether oxygens (including phenoxy) is 1. The van der Waals surface area contributed by atoms with Gasteiger partial charge in [0.2, 0.25) is 5.91 Å². The summed E-state index contributed by atoms with van der Waals surface area (Å²) in [6, 6.07) is 7.93. The van der Waals surface area contributed by atoms with Crippen molar-refractivity contribution in [3.63, 3.8) is 0 Å². The Hall–Kier alpha value is -1.39. The van der Waals surface area contributed by atoms with Gasteiger partial charge in [0.1, 0.15) is 0 Å². The maximum Gasteiger partial charge on any atom is 0.244 e. The van der Waals surface area contributed by atoms with E-state index in [1.165, 1.54) is 32.1 Å². The number of benzene rings is 1. The molecule has 3 rings (SSSR count). The van der Waals surface area contributed by atoms with Crippen LogP contribution in [-0.2, 0) is 16.1 Å². The number of hydrogen-bond acceptors (Lipinski definition) is 3. The van der Waals surface area contributed by atoms with Crippen molar-refractivity contribution in [3.8, 4) is 0 Å². The maximum absolute atomic E-state index is 12.4. The zero-order valence-electron chi connectivity index (χ0n) is 13.9. The molecule has 0 unspecified atom stereocenters. The molecule has 1 aromatic carbocycles. The second-order valence-electron chi connectivity index (χ2n) is 7.09. The first kappa shape index (κ1) is 16.5. The Balaban J connectivity index is 1.55. The highest BCUT2D eigenvalue weighted by Gasteiger charge is 2.36. The number of rotatable bonds is 5. The fraction of sp³-hybridized carbons (Fsp3) is 0.632. The molecule has 0 heterocycles. The van der Waals surface area contributed by atoms with Crippen LogP contribution in [0.5, 0.6) is 0 Å². The Kier molecular flexibility index (Phi) is 5.34. The van der Waals surface area contributed by atoms with E-state index in [9.17, 15) is 4.79 Å². The lowest BCUT2D eigenvalue weighted by Gasteiger charge is -2.23. The average Bonchev–Trinajstić information content (AvgIpc) is 3.02. The third-order valence-corrected chi connectivity index (χ3v) is 5.17. The molecule has 4 heteroatoms. The van der Waals surface area contributed by atoms with Gasteiger partial charge >= 0.3 is 0 Å². The summed E-state index contributed by atoms with van der Waals surface area (Å²) in [7, 11) is 0. The van der Waals surface area contributed by atoms with E-state index in [0.717, 1.165) is 36.9 Å². The van der Waals surface area contributed by atoms with E-state index < -0.39 is 5.54 Å². The van der Waals surface area contributed by atoms with Crippen molar-refractivity contribution in [1.82, 2.24) is 0 Å². The molecule has 2 saturated carbocycles. The summed E-state index contributed by atoms with van der Waals surface area (Å²) in [6.45, 7) is 0.613. The van der Waals surface area contributed by atoms with Crippen molar-refractivity contribution in [1.29, 1.82) is 0 Å². The van der Waals surface area contributed by atoms with Crippen molar-refractivity contribution in [2.45, 2.75) is 76.0 Å². The van der Waals surface area contributed by atoms with Gasteiger partial charge in [-0.2, -0.15) is 0 Å². The highest BCUT2D eigenvalue weighted by Crippen LogP contribution is 2.28. The second-order valence-corrected chi connectivity index (χ2v) is 7.09. The van der Waals surface area contributed by atoms with Gasteiger partial charge in [-0.1, -0.05) is 44.2 Å². The summed E-state index contributed by atoms with van der Waals surface area (Å²) in [4.78, 5) is 12.4. The highest BCUT2D eigenvalue weighted by atomic mass is 16.5. The molecular formula is C19H28N2O2. The molecule has 1 amide bonds. The lowest BCUT2D eigenvalue weighted by atomic mass is 9.97. The largest absolute Gasteiger partial charge is 0.374 e. The predicted molar refractivity (Wildman–Crippen MR) is 92.1 cm³/mol. The van der Waals surface area contributed by atoms with Gasteiger partial charge in [0.15, 0.2) is 0 Å². The van der Waals surface area contributed by atoms with E-state index >= 15 is 0 Å². The lowest BCUT2D eigenvalue weighted by molar-refractivity contribution is -0.121. The first-order valence-electron chi connectivity index (χ1n) is 8.97. The summed E-state index contributed by atoms with van der Waals surface area (Å²) in [5, 5.41) is 2.98. The van der Waals surface area contributed by atoms with Gasteiger partial charge in [-0.3, -0.25) is 4.79 Å². The monoisotopic (exact) mass is 316 g/mol. The number of carbonyl (C=O) groups is 1. The van der Waals surface area contributed by atoms with E-state index in [4.69, 9.17) is 10.5 Å².